The molecule has 1 saturated heterocycles. The van der Waals surface area contributed by atoms with E-state index in [0.29, 0.717) is 31.3 Å². The van der Waals surface area contributed by atoms with Gasteiger partial charge in [0.15, 0.2) is 0 Å². The minimum atomic E-state index is -0.0733. The average Bonchev–Trinajstić information content (AvgIpc) is 3.46. The number of nitrogens with one attached hydrogen (secondary N) is 2. The molecule has 0 spiro atoms. The van der Waals surface area contributed by atoms with Crippen LogP contribution in [0.4, 0.5) is 0 Å². The van der Waals surface area contributed by atoms with Crippen molar-refractivity contribution in [2.45, 2.75) is 31.9 Å². The van der Waals surface area contributed by atoms with Crippen LogP contribution in [-0.2, 0) is 17.8 Å². The molecule has 0 saturated carbocycles. The Hall–Kier alpha value is -2.90. The highest BCUT2D eigenvalue weighted by atomic mass is 35.5. The molecule has 1 aliphatic rings. The lowest BCUT2D eigenvalue weighted by Gasteiger charge is -2.09. The lowest BCUT2D eigenvalue weighted by Crippen LogP contribution is -2.41. The fourth-order valence-corrected chi connectivity index (χ4v) is 3.24. The largest absolute Gasteiger partial charge is 0.489 e. The molecule has 0 bridgehead atoms. The van der Waals surface area contributed by atoms with Gasteiger partial charge in [0.1, 0.15) is 12.4 Å². The number of halogens is 1. The molecule has 30 heavy (non-hydrogen) atoms. The Labute approximate surface area is 181 Å². The van der Waals surface area contributed by atoms with Crippen LogP contribution in [0.1, 0.15) is 24.3 Å². The molecule has 1 unspecified atom stereocenters. The molecule has 3 aromatic rings. The van der Waals surface area contributed by atoms with Crippen molar-refractivity contribution in [1.29, 1.82) is 0 Å². The number of aromatic nitrogens is 2. The van der Waals surface area contributed by atoms with Crippen LogP contribution in [0.5, 0.6) is 5.75 Å². The number of nitrogens with zero attached hydrogens (tertiary/aromatic N) is 2. The summed E-state index contributed by atoms with van der Waals surface area (Å²) in [6, 6.07) is 17.6. The molecule has 0 radical (unpaired) electrons. The molecule has 2 aromatic carbocycles. The van der Waals surface area contributed by atoms with Crippen molar-refractivity contribution in [3.05, 3.63) is 66.1 Å². The summed E-state index contributed by atoms with van der Waals surface area (Å²) < 4.78 is 11.1. The summed E-state index contributed by atoms with van der Waals surface area (Å²) in [5.74, 6) is 1.85. The molecule has 1 aromatic heterocycles. The van der Waals surface area contributed by atoms with Crippen LogP contribution in [-0.4, -0.2) is 35.2 Å². The Balaban J connectivity index is 0.00000256. The summed E-state index contributed by atoms with van der Waals surface area (Å²) in [5.41, 5.74) is 1.97. The third-order valence-corrected chi connectivity index (χ3v) is 4.84. The van der Waals surface area contributed by atoms with Gasteiger partial charge in [-0.3, -0.25) is 4.79 Å². The van der Waals surface area contributed by atoms with E-state index in [4.69, 9.17) is 9.26 Å². The standard InChI is InChI=1S/C22H24N4O3.ClH/c27-22(19-7-4-13-23-19)24-14-12-20-25-21(26-29-20)17-8-10-18(11-9-17)28-15-16-5-2-1-3-6-16;/h1-3,5-6,8-11,19,23H,4,7,12-15H2,(H,24,27);1H. The maximum absolute atomic E-state index is 12.0. The van der Waals surface area contributed by atoms with Crippen LogP contribution < -0.4 is 15.4 Å². The predicted octanol–water partition coefficient (Wildman–Crippen LogP) is 3.15. The van der Waals surface area contributed by atoms with Gasteiger partial charge in [-0.1, -0.05) is 35.5 Å². The third-order valence-electron chi connectivity index (χ3n) is 4.84. The van der Waals surface area contributed by atoms with Crippen LogP contribution in [0, 0.1) is 0 Å². The molecule has 1 amide bonds. The number of hydrogen-bond donors (Lipinski definition) is 2. The van der Waals surface area contributed by atoms with Gasteiger partial charge in [0, 0.05) is 18.5 Å². The van der Waals surface area contributed by atoms with Crippen LogP contribution in [0.25, 0.3) is 11.4 Å². The summed E-state index contributed by atoms with van der Waals surface area (Å²) in [6.45, 7) is 1.90. The van der Waals surface area contributed by atoms with Gasteiger partial charge in [0.05, 0.1) is 6.04 Å². The number of benzene rings is 2. The number of amides is 1. The second-order valence-corrected chi connectivity index (χ2v) is 7.00. The molecular weight excluding hydrogens is 404 g/mol. The van der Waals surface area contributed by atoms with Gasteiger partial charge in [-0.15, -0.1) is 12.4 Å². The van der Waals surface area contributed by atoms with Crippen molar-refractivity contribution in [3.63, 3.8) is 0 Å². The van der Waals surface area contributed by atoms with Gasteiger partial charge in [-0.05, 0) is 49.2 Å². The third kappa shape index (κ3) is 5.81. The lowest BCUT2D eigenvalue weighted by atomic mass is 10.2. The number of rotatable bonds is 8. The molecular formula is C22H25ClN4O3. The van der Waals surface area contributed by atoms with Crippen molar-refractivity contribution in [2.75, 3.05) is 13.1 Å². The first-order chi connectivity index (χ1) is 14.3. The Kier molecular flexibility index (Phi) is 7.82. The smallest absolute Gasteiger partial charge is 0.237 e. The number of hydrogen-bond acceptors (Lipinski definition) is 6. The van der Waals surface area contributed by atoms with E-state index in [9.17, 15) is 4.79 Å². The minimum absolute atomic E-state index is 0. The zero-order valence-electron chi connectivity index (χ0n) is 16.5. The predicted molar refractivity (Wildman–Crippen MR) is 115 cm³/mol. The van der Waals surface area contributed by atoms with Gasteiger partial charge in [-0.2, -0.15) is 4.98 Å². The van der Waals surface area contributed by atoms with E-state index >= 15 is 0 Å². The van der Waals surface area contributed by atoms with E-state index in [1.54, 1.807) is 0 Å². The first kappa shape index (κ1) is 21.8. The minimum Gasteiger partial charge on any atom is -0.489 e. The fourth-order valence-electron chi connectivity index (χ4n) is 3.24. The van der Waals surface area contributed by atoms with Gasteiger partial charge in [-0.25, -0.2) is 0 Å². The highest BCUT2D eigenvalue weighted by molar-refractivity contribution is 5.85. The average molecular weight is 429 g/mol. The summed E-state index contributed by atoms with van der Waals surface area (Å²) >= 11 is 0. The SMILES string of the molecule is Cl.O=C(NCCc1nc(-c2ccc(OCc3ccccc3)cc2)no1)C1CCCN1. The van der Waals surface area contributed by atoms with E-state index in [0.717, 1.165) is 36.3 Å². The van der Waals surface area contributed by atoms with Gasteiger partial charge >= 0.3 is 0 Å². The van der Waals surface area contributed by atoms with Crippen molar-refractivity contribution in [3.8, 4) is 17.1 Å². The van der Waals surface area contributed by atoms with Crippen molar-refractivity contribution < 1.29 is 14.1 Å². The topological polar surface area (TPSA) is 89.3 Å². The van der Waals surface area contributed by atoms with Crippen LogP contribution >= 0.6 is 12.4 Å². The second kappa shape index (κ2) is 10.8. The molecule has 2 heterocycles. The Morgan fingerprint density at radius 2 is 1.97 bits per heavy atom. The molecule has 158 valence electrons. The Morgan fingerprint density at radius 1 is 1.17 bits per heavy atom. The first-order valence-electron chi connectivity index (χ1n) is 9.89. The van der Waals surface area contributed by atoms with E-state index in [2.05, 4.69) is 20.8 Å². The zero-order valence-corrected chi connectivity index (χ0v) is 17.4. The van der Waals surface area contributed by atoms with Crippen LogP contribution in [0.15, 0.2) is 59.1 Å². The second-order valence-electron chi connectivity index (χ2n) is 7.00. The molecule has 4 rings (SSSR count). The lowest BCUT2D eigenvalue weighted by molar-refractivity contribution is -0.122. The summed E-state index contributed by atoms with van der Waals surface area (Å²) in [6.07, 6.45) is 2.44. The molecule has 8 heteroatoms. The first-order valence-corrected chi connectivity index (χ1v) is 9.89. The number of ether oxygens (including phenoxy) is 1. The zero-order chi connectivity index (χ0) is 19.9. The highest BCUT2D eigenvalue weighted by Gasteiger charge is 2.21. The molecule has 2 N–H and O–H groups in total. The molecule has 1 atom stereocenters. The van der Waals surface area contributed by atoms with E-state index < -0.39 is 0 Å². The summed E-state index contributed by atoms with van der Waals surface area (Å²) in [4.78, 5) is 16.4. The van der Waals surface area contributed by atoms with Crippen molar-refractivity contribution in [1.82, 2.24) is 20.8 Å². The van der Waals surface area contributed by atoms with Crippen LogP contribution in [0.2, 0.25) is 0 Å². The summed E-state index contributed by atoms with van der Waals surface area (Å²) in [5, 5.41) is 10.1. The molecule has 0 aliphatic carbocycles. The quantitative estimate of drug-likeness (QED) is 0.573. The van der Waals surface area contributed by atoms with Gasteiger partial charge < -0.3 is 19.9 Å². The molecule has 1 fully saturated rings. The van der Waals surface area contributed by atoms with Crippen molar-refractivity contribution in [2.24, 2.45) is 0 Å². The number of carbonyl (C=O) groups excluding carboxylic acids is 1. The van der Waals surface area contributed by atoms with Crippen LogP contribution in [0.3, 0.4) is 0 Å². The normalized spacial score (nSPS) is 15.4. The Morgan fingerprint density at radius 3 is 2.70 bits per heavy atom. The van der Waals surface area contributed by atoms with E-state index in [-0.39, 0.29) is 24.4 Å². The highest BCUT2D eigenvalue weighted by Crippen LogP contribution is 2.21. The maximum Gasteiger partial charge on any atom is 0.237 e. The van der Waals surface area contributed by atoms with Gasteiger partial charge in [0.25, 0.3) is 0 Å². The fraction of sp³-hybridized carbons (Fsp3) is 0.318. The van der Waals surface area contributed by atoms with Crippen molar-refractivity contribution >= 4 is 18.3 Å². The molecule has 7 nitrogen and oxygen atoms in total. The maximum atomic E-state index is 12.0. The monoisotopic (exact) mass is 428 g/mol. The Bertz CT molecular complexity index is 925. The number of carbonyl (C=O) groups is 1. The van der Waals surface area contributed by atoms with E-state index in [1.807, 2.05) is 54.6 Å². The summed E-state index contributed by atoms with van der Waals surface area (Å²) in [7, 11) is 0. The molecule has 1 aliphatic heterocycles. The van der Waals surface area contributed by atoms with Gasteiger partial charge in [0.2, 0.25) is 17.6 Å². The van der Waals surface area contributed by atoms with E-state index in [1.165, 1.54) is 0 Å².